The van der Waals surface area contributed by atoms with Crippen molar-refractivity contribution in [1.29, 1.82) is 0 Å². The molecule has 1 fully saturated rings. The summed E-state index contributed by atoms with van der Waals surface area (Å²) >= 11 is 12.1. The standard InChI is InChI=1S/C15H22Cl2N2/c16-13-7-6-12(10-14(13)17)15(11-18)19-8-4-2-1-3-5-9-19/h6-7,10,15H,1-5,8-9,11,18H2. The third-order valence-electron chi connectivity index (χ3n) is 3.88. The average Bonchev–Trinajstić information content (AvgIpc) is 2.36. The van der Waals surface area contributed by atoms with Crippen molar-refractivity contribution in [1.82, 2.24) is 4.90 Å². The fourth-order valence-corrected chi connectivity index (χ4v) is 3.11. The van der Waals surface area contributed by atoms with Gasteiger partial charge in [-0.2, -0.15) is 0 Å². The number of nitrogens with zero attached hydrogens (tertiary/aromatic N) is 1. The van der Waals surface area contributed by atoms with Crippen LogP contribution in [0.2, 0.25) is 10.0 Å². The minimum Gasteiger partial charge on any atom is -0.329 e. The van der Waals surface area contributed by atoms with E-state index < -0.39 is 0 Å². The van der Waals surface area contributed by atoms with Crippen LogP contribution in [-0.4, -0.2) is 24.5 Å². The second-order valence-corrected chi connectivity index (χ2v) is 6.04. The van der Waals surface area contributed by atoms with Crippen LogP contribution in [0, 0.1) is 0 Å². The highest BCUT2D eigenvalue weighted by Crippen LogP contribution is 2.29. The number of nitrogens with two attached hydrogens (primary N) is 1. The number of likely N-dealkylation sites (tertiary alicyclic amines) is 1. The van der Waals surface area contributed by atoms with Gasteiger partial charge in [0.1, 0.15) is 0 Å². The molecule has 2 nitrogen and oxygen atoms in total. The summed E-state index contributed by atoms with van der Waals surface area (Å²) in [7, 11) is 0. The lowest BCUT2D eigenvalue weighted by Crippen LogP contribution is -2.36. The smallest absolute Gasteiger partial charge is 0.0595 e. The lowest BCUT2D eigenvalue weighted by Gasteiger charge is -2.32. The first-order valence-electron chi connectivity index (χ1n) is 7.11. The van der Waals surface area contributed by atoms with Gasteiger partial charge in [0.25, 0.3) is 0 Å². The number of hydrogen-bond donors (Lipinski definition) is 1. The third kappa shape index (κ3) is 4.09. The van der Waals surface area contributed by atoms with Gasteiger partial charge in [-0.05, 0) is 43.6 Å². The second kappa shape index (κ2) is 7.49. The molecule has 0 amide bonds. The fraction of sp³-hybridized carbons (Fsp3) is 0.600. The first-order valence-corrected chi connectivity index (χ1v) is 7.87. The predicted octanol–water partition coefficient (Wildman–Crippen LogP) is 4.26. The van der Waals surface area contributed by atoms with Crippen LogP contribution in [-0.2, 0) is 0 Å². The van der Waals surface area contributed by atoms with Crippen molar-refractivity contribution in [3.05, 3.63) is 33.8 Å². The third-order valence-corrected chi connectivity index (χ3v) is 4.62. The fourth-order valence-electron chi connectivity index (χ4n) is 2.80. The summed E-state index contributed by atoms with van der Waals surface area (Å²) in [5.41, 5.74) is 7.17. The van der Waals surface area contributed by atoms with Crippen molar-refractivity contribution in [3.63, 3.8) is 0 Å². The second-order valence-electron chi connectivity index (χ2n) is 5.23. The molecule has 1 aromatic carbocycles. The Kier molecular flexibility index (Phi) is 5.96. The number of halogens is 2. The van der Waals surface area contributed by atoms with Gasteiger partial charge in [-0.15, -0.1) is 0 Å². The normalized spacial score (nSPS) is 19.7. The van der Waals surface area contributed by atoms with Gasteiger partial charge >= 0.3 is 0 Å². The van der Waals surface area contributed by atoms with Crippen LogP contribution in [0.25, 0.3) is 0 Å². The molecule has 4 heteroatoms. The lowest BCUT2D eigenvalue weighted by atomic mass is 10.0. The molecule has 106 valence electrons. The molecule has 19 heavy (non-hydrogen) atoms. The van der Waals surface area contributed by atoms with Crippen molar-refractivity contribution in [2.75, 3.05) is 19.6 Å². The number of rotatable bonds is 3. The van der Waals surface area contributed by atoms with Crippen LogP contribution in [0.3, 0.4) is 0 Å². The molecular formula is C15H22Cl2N2. The summed E-state index contributed by atoms with van der Waals surface area (Å²) in [5.74, 6) is 0. The Labute approximate surface area is 125 Å². The highest BCUT2D eigenvalue weighted by molar-refractivity contribution is 6.42. The molecule has 1 heterocycles. The molecule has 1 atom stereocenters. The molecule has 0 bridgehead atoms. The first-order chi connectivity index (χ1) is 9.22. The maximum atomic E-state index is 6.12. The molecule has 1 aliphatic rings. The van der Waals surface area contributed by atoms with E-state index in [1.807, 2.05) is 18.2 Å². The zero-order valence-corrected chi connectivity index (χ0v) is 12.8. The van der Waals surface area contributed by atoms with Crippen LogP contribution in [0.1, 0.15) is 43.7 Å². The maximum absolute atomic E-state index is 6.12. The Morgan fingerprint density at radius 2 is 1.63 bits per heavy atom. The SMILES string of the molecule is NCC(c1ccc(Cl)c(Cl)c1)N1CCCCCCC1. The first kappa shape index (κ1) is 15.1. The van der Waals surface area contributed by atoms with E-state index in [4.69, 9.17) is 28.9 Å². The molecule has 1 aromatic rings. The molecule has 1 aliphatic heterocycles. The largest absolute Gasteiger partial charge is 0.329 e. The van der Waals surface area contributed by atoms with E-state index in [1.165, 1.54) is 37.7 Å². The summed E-state index contributed by atoms with van der Waals surface area (Å²) in [5, 5.41) is 1.22. The van der Waals surface area contributed by atoms with E-state index in [2.05, 4.69) is 4.90 Å². The Bertz CT molecular complexity index is 401. The zero-order valence-electron chi connectivity index (χ0n) is 11.2. The van der Waals surface area contributed by atoms with Gasteiger partial charge in [0.15, 0.2) is 0 Å². The minimum absolute atomic E-state index is 0.257. The Morgan fingerprint density at radius 3 is 2.21 bits per heavy atom. The Morgan fingerprint density at radius 1 is 1.00 bits per heavy atom. The van der Waals surface area contributed by atoms with E-state index in [0.29, 0.717) is 16.6 Å². The summed E-state index contributed by atoms with van der Waals surface area (Å²) in [6.45, 7) is 2.88. The maximum Gasteiger partial charge on any atom is 0.0595 e. The summed E-state index contributed by atoms with van der Waals surface area (Å²) in [6, 6.07) is 6.13. The van der Waals surface area contributed by atoms with Crippen molar-refractivity contribution < 1.29 is 0 Å². The molecule has 2 rings (SSSR count). The van der Waals surface area contributed by atoms with Crippen LogP contribution in [0.15, 0.2) is 18.2 Å². The van der Waals surface area contributed by atoms with Gasteiger partial charge in [0, 0.05) is 12.6 Å². The van der Waals surface area contributed by atoms with Crippen molar-refractivity contribution in [2.45, 2.75) is 38.1 Å². The highest BCUT2D eigenvalue weighted by atomic mass is 35.5. The molecule has 1 unspecified atom stereocenters. The van der Waals surface area contributed by atoms with Crippen molar-refractivity contribution in [3.8, 4) is 0 Å². The highest BCUT2D eigenvalue weighted by Gasteiger charge is 2.20. The van der Waals surface area contributed by atoms with Crippen LogP contribution in [0.5, 0.6) is 0 Å². The average molecular weight is 301 g/mol. The van der Waals surface area contributed by atoms with Gasteiger partial charge in [-0.1, -0.05) is 48.5 Å². The quantitative estimate of drug-likeness (QED) is 0.904. The molecule has 0 radical (unpaired) electrons. The van der Waals surface area contributed by atoms with Crippen molar-refractivity contribution >= 4 is 23.2 Å². The monoisotopic (exact) mass is 300 g/mol. The van der Waals surface area contributed by atoms with E-state index in [1.54, 1.807) is 0 Å². The van der Waals surface area contributed by atoms with Gasteiger partial charge in [0.05, 0.1) is 10.0 Å². The number of hydrogen-bond acceptors (Lipinski definition) is 2. The molecular weight excluding hydrogens is 279 g/mol. The van der Waals surface area contributed by atoms with Gasteiger partial charge < -0.3 is 5.73 Å². The van der Waals surface area contributed by atoms with Gasteiger partial charge in [0.2, 0.25) is 0 Å². The van der Waals surface area contributed by atoms with E-state index in [9.17, 15) is 0 Å². The summed E-state index contributed by atoms with van der Waals surface area (Å²) in [4.78, 5) is 2.50. The lowest BCUT2D eigenvalue weighted by molar-refractivity contribution is 0.183. The molecule has 0 spiro atoms. The van der Waals surface area contributed by atoms with Gasteiger partial charge in [-0.25, -0.2) is 0 Å². The molecule has 2 N–H and O–H groups in total. The molecule has 0 saturated carbocycles. The Hall–Kier alpha value is -0.280. The van der Waals surface area contributed by atoms with Crippen LogP contribution < -0.4 is 5.73 Å². The van der Waals surface area contributed by atoms with E-state index >= 15 is 0 Å². The number of benzene rings is 1. The summed E-state index contributed by atoms with van der Waals surface area (Å²) < 4.78 is 0. The molecule has 0 aromatic heterocycles. The predicted molar refractivity (Wildman–Crippen MR) is 82.9 cm³/mol. The molecule has 1 saturated heterocycles. The van der Waals surface area contributed by atoms with Crippen LogP contribution >= 0.6 is 23.2 Å². The van der Waals surface area contributed by atoms with Crippen molar-refractivity contribution in [2.24, 2.45) is 5.73 Å². The van der Waals surface area contributed by atoms with Crippen LogP contribution in [0.4, 0.5) is 0 Å². The van der Waals surface area contributed by atoms with E-state index in [0.717, 1.165) is 13.1 Å². The zero-order chi connectivity index (χ0) is 13.7. The topological polar surface area (TPSA) is 29.3 Å². The molecule has 0 aliphatic carbocycles. The van der Waals surface area contributed by atoms with E-state index in [-0.39, 0.29) is 6.04 Å². The Balaban J connectivity index is 2.14. The minimum atomic E-state index is 0.257. The van der Waals surface area contributed by atoms with Gasteiger partial charge in [-0.3, -0.25) is 4.90 Å². The summed E-state index contributed by atoms with van der Waals surface area (Å²) in [6.07, 6.45) is 6.55.